The first-order chi connectivity index (χ1) is 12.4. The summed E-state index contributed by atoms with van der Waals surface area (Å²) in [5.41, 5.74) is -1.17. The lowest BCUT2D eigenvalue weighted by Gasteiger charge is -2.28. The molecule has 11 heteroatoms. The molecule has 2 heterocycles. The van der Waals surface area contributed by atoms with E-state index in [1.165, 1.54) is 0 Å². The van der Waals surface area contributed by atoms with Crippen LogP contribution in [-0.4, -0.2) is 36.1 Å². The van der Waals surface area contributed by atoms with Gasteiger partial charge in [-0.3, -0.25) is 14.7 Å². The van der Waals surface area contributed by atoms with Crippen LogP contribution in [0.1, 0.15) is 22.4 Å². The van der Waals surface area contributed by atoms with Crippen LogP contribution in [-0.2, 0) is 35.5 Å². The minimum atomic E-state index is -4.58. The molecule has 1 aliphatic rings. The fourth-order valence-electron chi connectivity index (χ4n) is 2.88. The highest BCUT2D eigenvalue weighted by atomic mass is 32.2. The molecule has 0 saturated carbocycles. The molecule has 0 fully saturated rings. The van der Waals surface area contributed by atoms with Crippen molar-refractivity contribution >= 4 is 9.84 Å². The molecule has 1 aliphatic heterocycles. The zero-order valence-corrected chi connectivity index (χ0v) is 14.9. The molecule has 1 aromatic carbocycles. The smallest absolute Gasteiger partial charge is 0.297 e. The van der Waals surface area contributed by atoms with Crippen molar-refractivity contribution in [3.8, 4) is 0 Å². The lowest BCUT2D eigenvalue weighted by Crippen LogP contribution is -2.36. The Kier molecular flexibility index (Phi) is 4.85. The largest absolute Gasteiger partial charge is 0.416 e. The number of aromatic nitrogens is 2. The van der Waals surface area contributed by atoms with Gasteiger partial charge in [-0.2, -0.15) is 13.2 Å². The number of benzene rings is 1. The summed E-state index contributed by atoms with van der Waals surface area (Å²) < 4.78 is 75.5. The number of H-pyrrole nitrogens is 1. The molecule has 2 aromatic rings. The Bertz CT molecular complexity index is 1050. The Morgan fingerprint density at radius 3 is 2.63 bits per heavy atom. The molecule has 0 unspecified atom stereocenters. The minimum absolute atomic E-state index is 0.0252. The third kappa shape index (κ3) is 4.19. The molecule has 0 aliphatic carbocycles. The van der Waals surface area contributed by atoms with Gasteiger partial charge in [0, 0.05) is 37.9 Å². The van der Waals surface area contributed by atoms with Crippen molar-refractivity contribution in [3.05, 3.63) is 56.8 Å². The van der Waals surface area contributed by atoms with E-state index in [2.05, 4.69) is 9.97 Å². The van der Waals surface area contributed by atoms with Crippen molar-refractivity contribution in [1.82, 2.24) is 14.9 Å². The van der Waals surface area contributed by atoms with Gasteiger partial charge in [-0.1, -0.05) is 0 Å². The summed E-state index contributed by atoms with van der Waals surface area (Å²) in [5.74, 6) is -0.770. The number of sulfone groups is 1. The first kappa shape index (κ1) is 19.5. The van der Waals surface area contributed by atoms with Gasteiger partial charge in [0.25, 0.3) is 5.56 Å². The highest BCUT2D eigenvalue weighted by Gasteiger charge is 2.31. The van der Waals surface area contributed by atoms with Crippen LogP contribution < -0.4 is 5.56 Å². The lowest BCUT2D eigenvalue weighted by molar-refractivity contribution is -0.137. The van der Waals surface area contributed by atoms with E-state index in [1.807, 2.05) is 0 Å². The number of halogens is 4. The standard InChI is InChI=1S/C16H15F4N3O3S/c1-27(25,26)15-21-13-4-5-23(8-11(13)14(24)22-15)7-9-6-10(16(18,19)20)2-3-12(9)17/h2-3,6H,4-5,7-8H2,1H3,(H,21,22,24). The summed E-state index contributed by atoms with van der Waals surface area (Å²) >= 11 is 0. The topological polar surface area (TPSA) is 83.1 Å². The average molecular weight is 405 g/mol. The van der Waals surface area contributed by atoms with Crippen LogP contribution in [0, 0.1) is 5.82 Å². The summed E-state index contributed by atoms with van der Waals surface area (Å²) in [6, 6.07) is 2.19. The van der Waals surface area contributed by atoms with Crippen molar-refractivity contribution < 1.29 is 26.0 Å². The summed E-state index contributed by atoms with van der Waals surface area (Å²) in [6.07, 6.45) is -3.44. The van der Waals surface area contributed by atoms with Crippen LogP contribution in [0.25, 0.3) is 0 Å². The number of alkyl halides is 3. The molecular weight excluding hydrogens is 390 g/mol. The molecule has 1 N–H and O–H groups in total. The maximum atomic E-state index is 13.9. The van der Waals surface area contributed by atoms with Crippen LogP contribution >= 0.6 is 0 Å². The molecule has 0 spiro atoms. The van der Waals surface area contributed by atoms with Gasteiger partial charge < -0.3 is 0 Å². The van der Waals surface area contributed by atoms with Crippen molar-refractivity contribution in [2.75, 3.05) is 12.8 Å². The van der Waals surface area contributed by atoms with E-state index >= 15 is 0 Å². The molecule has 1 aromatic heterocycles. The number of nitrogens with one attached hydrogen (secondary N) is 1. The molecule has 146 valence electrons. The molecule has 27 heavy (non-hydrogen) atoms. The summed E-state index contributed by atoms with van der Waals surface area (Å²) in [6.45, 7) is 0.197. The Morgan fingerprint density at radius 1 is 1.30 bits per heavy atom. The van der Waals surface area contributed by atoms with Gasteiger partial charge in [0.1, 0.15) is 5.82 Å². The first-order valence-electron chi connectivity index (χ1n) is 7.85. The van der Waals surface area contributed by atoms with Gasteiger partial charge in [0.05, 0.1) is 16.8 Å². The second-order valence-corrected chi connectivity index (χ2v) is 8.26. The predicted molar refractivity (Wildman–Crippen MR) is 87.2 cm³/mol. The summed E-state index contributed by atoms with van der Waals surface area (Å²) in [5, 5.41) is -0.427. The highest BCUT2D eigenvalue weighted by molar-refractivity contribution is 7.90. The molecule has 0 bridgehead atoms. The minimum Gasteiger partial charge on any atom is -0.297 e. The van der Waals surface area contributed by atoms with Gasteiger partial charge in [-0.25, -0.2) is 17.8 Å². The maximum Gasteiger partial charge on any atom is 0.416 e. The van der Waals surface area contributed by atoms with Crippen molar-refractivity contribution in [2.45, 2.75) is 30.8 Å². The van der Waals surface area contributed by atoms with Crippen LogP contribution in [0.5, 0.6) is 0 Å². The van der Waals surface area contributed by atoms with Crippen molar-refractivity contribution in [1.29, 1.82) is 0 Å². The Labute approximate surface area is 151 Å². The highest BCUT2D eigenvalue weighted by Crippen LogP contribution is 2.31. The second kappa shape index (κ2) is 6.71. The normalized spacial score (nSPS) is 15.6. The van der Waals surface area contributed by atoms with Crippen LogP contribution in [0.3, 0.4) is 0 Å². The van der Waals surface area contributed by atoms with Crippen LogP contribution in [0.15, 0.2) is 28.2 Å². The third-order valence-electron chi connectivity index (χ3n) is 4.24. The summed E-state index contributed by atoms with van der Waals surface area (Å²) in [7, 11) is -3.68. The van der Waals surface area contributed by atoms with E-state index in [-0.39, 0.29) is 30.6 Å². The third-order valence-corrected chi connectivity index (χ3v) is 5.14. The molecule has 0 atom stereocenters. The average Bonchev–Trinajstić information content (AvgIpc) is 2.55. The number of nitrogens with zero attached hydrogens (tertiary/aromatic N) is 2. The Morgan fingerprint density at radius 2 is 2.00 bits per heavy atom. The van der Waals surface area contributed by atoms with Gasteiger partial charge in [-0.15, -0.1) is 0 Å². The van der Waals surface area contributed by atoms with E-state index in [1.54, 1.807) is 4.90 Å². The first-order valence-corrected chi connectivity index (χ1v) is 9.74. The summed E-state index contributed by atoms with van der Waals surface area (Å²) in [4.78, 5) is 19.9. The van der Waals surface area contributed by atoms with E-state index in [0.717, 1.165) is 18.4 Å². The zero-order valence-electron chi connectivity index (χ0n) is 14.1. The molecule has 0 saturated heterocycles. The van der Waals surface area contributed by atoms with Crippen molar-refractivity contribution in [2.24, 2.45) is 0 Å². The van der Waals surface area contributed by atoms with Gasteiger partial charge in [0.15, 0.2) is 0 Å². The predicted octanol–water partition coefficient (Wildman–Crippen LogP) is 1.89. The lowest BCUT2D eigenvalue weighted by atomic mass is 10.0. The number of hydrogen-bond donors (Lipinski definition) is 1. The molecule has 3 rings (SSSR count). The SMILES string of the molecule is CS(=O)(=O)c1nc2c(c(=O)[nH]1)CN(Cc1cc(C(F)(F)F)ccc1F)CC2. The molecule has 0 amide bonds. The number of aromatic amines is 1. The monoisotopic (exact) mass is 405 g/mol. The van der Waals surface area contributed by atoms with Gasteiger partial charge in [-0.05, 0) is 18.2 Å². The fraction of sp³-hybridized carbons (Fsp3) is 0.375. The van der Waals surface area contributed by atoms with E-state index in [9.17, 15) is 30.8 Å². The Hall–Kier alpha value is -2.27. The number of hydrogen-bond acceptors (Lipinski definition) is 5. The van der Waals surface area contributed by atoms with Crippen LogP contribution in [0.4, 0.5) is 17.6 Å². The van der Waals surface area contributed by atoms with E-state index < -0.39 is 38.1 Å². The maximum absolute atomic E-state index is 13.9. The zero-order chi connectivity index (χ0) is 20.0. The van der Waals surface area contributed by atoms with Gasteiger partial charge in [0.2, 0.25) is 15.0 Å². The quantitative estimate of drug-likeness (QED) is 0.623. The van der Waals surface area contributed by atoms with Gasteiger partial charge >= 0.3 is 6.18 Å². The Balaban J connectivity index is 1.87. The van der Waals surface area contributed by atoms with E-state index in [0.29, 0.717) is 18.3 Å². The molecule has 0 radical (unpaired) electrons. The molecule has 6 nitrogen and oxygen atoms in total. The fourth-order valence-corrected chi connectivity index (χ4v) is 3.44. The van der Waals surface area contributed by atoms with Crippen LogP contribution in [0.2, 0.25) is 0 Å². The molecular formula is C16H15F4N3O3S. The number of rotatable bonds is 3. The number of fused-ring (bicyclic) bond motifs is 1. The van der Waals surface area contributed by atoms with Crippen molar-refractivity contribution in [3.63, 3.8) is 0 Å². The van der Waals surface area contributed by atoms with E-state index in [4.69, 9.17) is 0 Å². The second-order valence-electron chi connectivity index (χ2n) is 6.33.